The fraction of sp³-hybridized carbons (Fsp3) is 0.222. The van der Waals surface area contributed by atoms with E-state index in [2.05, 4.69) is 16.6 Å². The zero-order valence-electron chi connectivity index (χ0n) is 25.3. The lowest BCUT2D eigenvalue weighted by Crippen LogP contribution is -2.53. The van der Waals surface area contributed by atoms with Gasteiger partial charge in [-0.2, -0.15) is 5.26 Å². The van der Waals surface area contributed by atoms with Crippen LogP contribution >= 0.6 is 0 Å². The van der Waals surface area contributed by atoms with E-state index >= 15 is 0 Å². The molecule has 9 heteroatoms. The second-order valence-electron chi connectivity index (χ2n) is 11.4. The first-order valence-electron chi connectivity index (χ1n) is 14.3. The van der Waals surface area contributed by atoms with Gasteiger partial charge in [0.25, 0.3) is 5.91 Å². The van der Waals surface area contributed by atoms with Crippen molar-refractivity contribution in [3.05, 3.63) is 108 Å². The second-order valence-corrected chi connectivity index (χ2v) is 11.4. The van der Waals surface area contributed by atoms with Crippen molar-refractivity contribution in [3.63, 3.8) is 0 Å². The van der Waals surface area contributed by atoms with Crippen LogP contribution in [0.15, 0.2) is 91.0 Å². The van der Waals surface area contributed by atoms with E-state index in [4.69, 9.17) is 11.2 Å². The number of aromatic hydroxyl groups is 1. The molecule has 4 rings (SSSR count). The summed E-state index contributed by atoms with van der Waals surface area (Å²) in [6, 6.07) is 25.3. The van der Waals surface area contributed by atoms with Gasteiger partial charge in [0.2, 0.25) is 5.91 Å². The number of nitrogens with one attached hydrogen (secondary N) is 2. The van der Waals surface area contributed by atoms with Gasteiger partial charge in [-0.05, 0) is 73.0 Å². The minimum Gasteiger partial charge on any atom is -0.508 e. The molecule has 0 spiro atoms. The summed E-state index contributed by atoms with van der Waals surface area (Å²) in [7, 11) is 0. The number of phenolic OH excluding ortho intramolecular Hbond substituents is 1. The monoisotopic (exact) mass is 602 g/mol. The average Bonchev–Trinajstić information content (AvgIpc) is 3.00. The predicted octanol–water partition coefficient (Wildman–Crippen LogP) is 5.69. The Kier molecular flexibility index (Phi) is 10.1. The minimum absolute atomic E-state index is 0.0178. The number of amides is 3. The molecule has 0 aliphatic heterocycles. The highest BCUT2D eigenvalue weighted by Crippen LogP contribution is 2.28. The van der Waals surface area contributed by atoms with Crippen molar-refractivity contribution in [2.45, 2.75) is 44.9 Å². The van der Waals surface area contributed by atoms with Gasteiger partial charge in [-0.1, -0.05) is 66.6 Å². The Morgan fingerprint density at radius 1 is 0.956 bits per heavy atom. The number of carbonyl (C=O) groups excluding carboxylic acids is 3. The van der Waals surface area contributed by atoms with E-state index in [9.17, 15) is 24.8 Å². The summed E-state index contributed by atoms with van der Waals surface area (Å²) in [5.74, 6) is 1.30. The van der Waals surface area contributed by atoms with Crippen LogP contribution in [-0.2, 0) is 20.7 Å². The van der Waals surface area contributed by atoms with Gasteiger partial charge in [0, 0.05) is 17.7 Å². The lowest BCUT2D eigenvalue weighted by Gasteiger charge is -2.33. The molecule has 0 fully saturated rings. The highest BCUT2D eigenvalue weighted by atomic mass is 16.6. The molecule has 3 amide bonds. The quantitative estimate of drug-likeness (QED) is 0.167. The first-order chi connectivity index (χ1) is 21.5. The Balaban J connectivity index is 1.77. The lowest BCUT2D eigenvalue weighted by atomic mass is 9.96. The van der Waals surface area contributed by atoms with Crippen LogP contribution < -0.4 is 10.6 Å². The van der Waals surface area contributed by atoms with Gasteiger partial charge in [-0.15, -0.1) is 6.42 Å². The Morgan fingerprint density at radius 3 is 2.29 bits per heavy atom. The number of nitriles is 1. The molecule has 0 saturated heterocycles. The lowest BCUT2D eigenvalue weighted by molar-refractivity contribution is -0.140. The summed E-state index contributed by atoms with van der Waals surface area (Å²) in [6.07, 6.45) is 4.94. The summed E-state index contributed by atoms with van der Waals surface area (Å²) in [5.41, 5.74) is 0.944. The SMILES string of the molecule is C#Cc1ccccc1C(C(=O)Nc1ccc2ccccc2c1)N(CC#N)C(=O)C(Cc1ccc(O)cc1)NC(=O)OC(C)(C)C. The third kappa shape index (κ3) is 8.40. The van der Waals surface area contributed by atoms with E-state index in [0.29, 0.717) is 22.4 Å². The smallest absolute Gasteiger partial charge is 0.408 e. The number of rotatable bonds is 9. The summed E-state index contributed by atoms with van der Waals surface area (Å²) < 4.78 is 5.43. The van der Waals surface area contributed by atoms with Gasteiger partial charge in [-0.3, -0.25) is 9.59 Å². The minimum atomic E-state index is -1.33. The zero-order chi connectivity index (χ0) is 32.6. The molecule has 228 valence electrons. The Labute approximate surface area is 262 Å². The molecule has 0 radical (unpaired) electrons. The highest BCUT2D eigenvalue weighted by Gasteiger charge is 2.37. The molecule has 4 aromatic carbocycles. The first kappa shape index (κ1) is 32.1. The Morgan fingerprint density at radius 2 is 1.62 bits per heavy atom. The van der Waals surface area contributed by atoms with Gasteiger partial charge in [0.1, 0.15) is 30.0 Å². The summed E-state index contributed by atoms with van der Waals surface area (Å²) in [4.78, 5) is 42.5. The number of ether oxygens (including phenoxy) is 1. The fourth-order valence-corrected chi connectivity index (χ4v) is 4.89. The van der Waals surface area contributed by atoms with E-state index in [0.717, 1.165) is 15.7 Å². The number of fused-ring (bicyclic) bond motifs is 1. The van der Waals surface area contributed by atoms with Crippen LogP contribution in [0.5, 0.6) is 5.75 Å². The van der Waals surface area contributed by atoms with Crippen LogP contribution in [0.2, 0.25) is 0 Å². The van der Waals surface area contributed by atoms with Crippen LogP contribution in [0.25, 0.3) is 10.8 Å². The molecular weight excluding hydrogens is 568 g/mol. The number of nitrogens with zero attached hydrogens (tertiary/aromatic N) is 2. The number of carbonyl (C=O) groups is 3. The Bertz CT molecular complexity index is 1780. The van der Waals surface area contributed by atoms with Crippen molar-refractivity contribution >= 4 is 34.4 Å². The summed E-state index contributed by atoms with van der Waals surface area (Å²) in [5, 5.41) is 27.0. The number of hydrogen-bond acceptors (Lipinski definition) is 6. The second kappa shape index (κ2) is 14.1. The molecule has 4 aromatic rings. The molecule has 0 bridgehead atoms. The van der Waals surface area contributed by atoms with E-state index in [-0.39, 0.29) is 12.2 Å². The van der Waals surface area contributed by atoms with Crippen molar-refractivity contribution < 1.29 is 24.2 Å². The van der Waals surface area contributed by atoms with E-state index in [1.807, 2.05) is 42.5 Å². The molecule has 0 aliphatic carbocycles. The maximum atomic E-state index is 14.4. The number of alkyl carbamates (subject to hydrolysis) is 1. The molecule has 45 heavy (non-hydrogen) atoms. The third-order valence-corrected chi connectivity index (χ3v) is 6.88. The van der Waals surface area contributed by atoms with Crippen molar-refractivity contribution in [3.8, 4) is 24.2 Å². The van der Waals surface area contributed by atoms with Crippen molar-refractivity contribution in [1.82, 2.24) is 10.2 Å². The van der Waals surface area contributed by atoms with Crippen LogP contribution in [-0.4, -0.2) is 46.1 Å². The van der Waals surface area contributed by atoms with Crippen LogP contribution in [0.3, 0.4) is 0 Å². The van der Waals surface area contributed by atoms with Crippen LogP contribution in [0.4, 0.5) is 10.5 Å². The standard InChI is InChI=1S/C36H34N4O5/c1-5-25-10-8-9-13-30(25)32(33(42)38-28-17-16-26-11-6-7-12-27(26)23-28)40(21-20-37)34(43)31(39-35(44)45-36(2,3)4)22-24-14-18-29(41)19-15-24/h1,6-19,23,31-32,41H,21-22H2,2-4H3,(H,38,42)(H,39,44). The summed E-state index contributed by atoms with van der Waals surface area (Å²) >= 11 is 0. The van der Waals surface area contributed by atoms with Crippen LogP contribution in [0, 0.1) is 23.7 Å². The fourth-order valence-electron chi connectivity index (χ4n) is 4.89. The van der Waals surface area contributed by atoms with Gasteiger partial charge < -0.3 is 25.4 Å². The van der Waals surface area contributed by atoms with E-state index < -0.39 is 42.1 Å². The van der Waals surface area contributed by atoms with Gasteiger partial charge in [0.15, 0.2) is 0 Å². The van der Waals surface area contributed by atoms with E-state index in [1.54, 1.807) is 63.2 Å². The molecule has 9 nitrogen and oxygen atoms in total. The topological polar surface area (TPSA) is 132 Å². The van der Waals surface area contributed by atoms with Gasteiger partial charge in [-0.25, -0.2) is 4.79 Å². The van der Waals surface area contributed by atoms with Gasteiger partial charge in [0.05, 0.1) is 6.07 Å². The molecule has 2 unspecified atom stereocenters. The molecule has 3 N–H and O–H groups in total. The molecule has 0 aromatic heterocycles. The number of hydrogen-bond donors (Lipinski definition) is 3. The molecule has 0 aliphatic rings. The number of terminal acetylenes is 1. The average molecular weight is 603 g/mol. The normalized spacial score (nSPS) is 12.2. The largest absolute Gasteiger partial charge is 0.508 e. The maximum Gasteiger partial charge on any atom is 0.408 e. The van der Waals surface area contributed by atoms with E-state index in [1.165, 1.54) is 12.1 Å². The molecular formula is C36H34N4O5. The maximum absolute atomic E-state index is 14.4. The number of phenols is 1. The van der Waals surface area contributed by atoms with Crippen molar-refractivity contribution in [2.24, 2.45) is 0 Å². The van der Waals surface area contributed by atoms with Crippen LogP contribution in [0.1, 0.15) is 43.5 Å². The summed E-state index contributed by atoms with van der Waals surface area (Å²) in [6.45, 7) is 4.58. The molecule has 2 atom stereocenters. The first-order valence-corrected chi connectivity index (χ1v) is 14.3. The zero-order valence-corrected chi connectivity index (χ0v) is 25.3. The van der Waals surface area contributed by atoms with Gasteiger partial charge >= 0.3 is 6.09 Å². The highest BCUT2D eigenvalue weighted by molar-refractivity contribution is 6.01. The third-order valence-electron chi connectivity index (χ3n) is 6.88. The number of anilines is 1. The van der Waals surface area contributed by atoms with Crippen molar-refractivity contribution in [1.29, 1.82) is 5.26 Å². The molecule has 0 heterocycles. The molecule has 0 saturated carbocycles. The Hall–Kier alpha value is -5.80. The van der Waals surface area contributed by atoms with Crippen molar-refractivity contribution in [2.75, 3.05) is 11.9 Å². The predicted molar refractivity (Wildman–Crippen MR) is 172 cm³/mol. The number of benzene rings is 4.